The Balaban J connectivity index is 1.54. The molecule has 0 saturated heterocycles. The smallest absolute Gasteiger partial charge is 0.315 e. The third kappa shape index (κ3) is 3.93. The van der Waals surface area contributed by atoms with E-state index < -0.39 is 0 Å². The maximum Gasteiger partial charge on any atom is 0.315 e. The maximum absolute atomic E-state index is 11.8. The van der Waals surface area contributed by atoms with Crippen molar-refractivity contribution in [2.24, 2.45) is 0 Å². The van der Waals surface area contributed by atoms with Gasteiger partial charge in [-0.05, 0) is 18.9 Å². The fraction of sp³-hybridized carbons (Fsp3) is 0.500. The number of nitrogens with zero attached hydrogens (tertiary/aromatic N) is 5. The Labute approximate surface area is 132 Å². The second-order valence-corrected chi connectivity index (χ2v) is 5.47. The van der Waals surface area contributed by atoms with Gasteiger partial charge in [0.05, 0.1) is 6.54 Å². The minimum Gasteiger partial charge on any atom is -0.336 e. The van der Waals surface area contributed by atoms with Crippen LogP contribution in [0.5, 0.6) is 0 Å². The highest BCUT2D eigenvalue weighted by molar-refractivity contribution is 5.74. The largest absolute Gasteiger partial charge is 0.336 e. The van der Waals surface area contributed by atoms with Gasteiger partial charge in [-0.1, -0.05) is 12.8 Å². The van der Waals surface area contributed by atoms with Crippen molar-refractivity contribution in [3.05, 3.63) is 35.1 Å². The lowest BCUT2D eigenvalue weighted by atomic mass is 10.2. The number of hydrogen-bond acceptors (Lipinski definition) is 5. The minimum atomic E-state index is -0.230. The van der Waals surface area contributed by atoms with E-state index in [0.717, 1.165) is 12.8 Å². The average Bonchev–Trinajstić information content (AvgIpc) is 3.22. The van der Waals surface area contributed by atoms with E-state index in [1.54, 1.807) is 6.07 Å². The molecule has 2 amide bonds. The molecule has 0 spiro atoms. The van der Waals surface area contributed by atoms with Gasteiger partial charge in [-0.2, -0.15) is 5.10 Å². The average molecular weight is 317 g/mol. The van der Waals surface area contributed by atoms with Gasteiger partial charge in [-0.15, -0.1) is 5.10 Å². The van der Waals surface area contributed by atoms with Gasteiger partial charge in [0, 0.05) is 18.7 Å². The molecule has 2 aromatic heterocycles. The summed E-state index contributed by atoms with van der Waals surface area (Å²) in [5, 5.41) is 13.9. The monoisotopic (exact) mass is 317 g/mol. The Kier molecular flexibility index (Phi) is 4.65. The van der Waals surface area contributed by atoms with Gasteiger partial charge in [-0.3, -0.25) is 4.79 Å². The molecule has 0 aliphatic heterocycles. The number of carbonyl (C=O) groups excluding carboxylic acids is 1. The second kappa shape index (κ2) is 7.03. The Morgan fingerprint density at radius 2 is 2.13 bits per heavy atom. The quantitative estimate of drug-likeness (QED) is 0.811. The van der Waals surface area contributed by atoms with Crippen molar-refractivity contribution >= 4 is 6.03 Å². The summed E-state index contributed by atoms with van der Waals surface area (Å²) in [5.74, 6) is 0.498. The molecule has 1 fully saturated rings. The molecular weight excluding hydrogens is 298 g/mol. The molecule has 3 rings (SSSR count). The summed E-state index contributed by atoms with van der Waals surface area (Å²) in [6.45, 7) is 0.617. The summed E-state index contributed by atoms with van der Waals surface area (Å²) in [4.78, 5) is 27.4. The number of hydrogen-bond donors (Lipinski definition) is 2. The summed E-state index contributed by atoms with van der Waals surface area (Å²) in [6, 6.07) is 3.07. The van der Waals surface area contributed by atoms with E-state index in [4.69, 9.17) is 0 Å². The van der Waals surface area contributed by atoms with Crippen molar-refractivity contribution in [3.63, 3.8) is 0 Å². The summed E-state index contributed by atoms with van der Waals surface area (Å²) in [7, 11) is 0. The molecule has 1 aliphatic carbocycles. The van der Waals surface area contributed by atoms with Crippen LogP contribution < -0.4 is 16.2 Å². The number of carbonyl (C=O) groups is 1. The molecule has 0 atom stereocenters. The van der Waals surface area contributed by atoms with Gasteiger partial charge in [0.2, 0.25) is 0 Å². The van der Waals surface area contributed by atoms with Crippen LogP contribution in [-0.2, 0) is 6.54 Å². The second-order valence-electron chi connectivity index (χ2n) is 5.47. The van der Waals surface area contributed by atoms with Crippen molar-refractivity contribution in [3.8, 4) is 5.82 Å². The zero-order valence-corrected chi connectivity index (χ0v) is 12.7. The first-order valence-electron chi connectivity index (χ1n) is 7.70. The van der Waals surface area contributed by atoms with Crippen molar-refractivity contribution in [2.75, 3.05) is 6.54 Å². The predicted molar refractivity (Wildman–Crippen MR) is 82.2 cm³/mol. The maximum atomic E-state index is 11.8. The van der Waals surface area contributed by atoms with Crippen LogP contribution in [-0.4, -0.2) is 43.2 Å². The van der Waals surface area contributed by atoms with Crippen LogP contribution in [0.3, 0.4) is 0 Å². The van der Waals surface area contributed by atoms with Crippen LogP contribution in [0, 0.1) is 0 Å². The first kappa shape index (κ1) is 15.2. The first-order chi connectivity index (χ1) is 11.2. The number of amides is 2. The summed E-state index contributed by atoms with van der Waals surface area (Å²) >= 11 is 0. The molecule has 23 heavy (non-hydrogen) atoms. The minimum absolute atomic E-state index is 0.197. The first-order valence-corrected chi connectivity index (χ1v) is 7.70. The third-order valence-corrected chi connectivity index (χ3v) is 3.81. The summed E-state index contributed by atoms with van der Waals surface area (Å²) in [5.41, 5.74) is -0.230. The number of aromatic nitrogens is 5. The van der Waals surface area contributed by atoms with E-state index in [9.17, 15) is 9.59 Å². The molecule has 9 nitrogen and oxygen atoms in total. The van der Waals surface area contributed by atoms with Crippen LogP contribution in [0.15, 0.2) is 29.6 Å². The highest BCUT2D eigenvalue weighted by Crippen LogP contribution is 2.17. The van der Waals surface area contributed by atoms with E-state index in [-0.39, 0.29) is 17.6 Å². The van der Waals surface area contributed by atoms with Crippen molar-refractivity contribution in [1.29, 1.82) is 0 Å². The summed E-state index contributed by atoms with van der Waals surface area (Å²) in [6.07, 6.45) is 7.30. The van der Waals surface area contributed by atoms with Crippen molar-refractivity contribution in [2.45, 2.75) is 38.3 Å². The molecule has 1 aliphatic rings. The number of urea groups is 1. The number of nitrogens with one attached hydrogen (secondary N) is 2. The standard InChI is InChI=1S/C14H19N7O2/c22-13-6-5-12(21-10-15-9-17-21)19-20(13)8-7-16-14(23)18-11-3-1-2-4-11/h5-6,9-11H,1-4,7-8H2,(H2,16,18,23). The molecule has 0 unspecified atom stereocenters. The predicted octanol–water partition coefficient (Wildman–Crippen LogP) is 0.0658. The SMILES string of the molecule is O=C(NCCn1nc(-n2cncn2)ccc1=O)NC1CCCC1. The van der Waals surface area contributed by atoms with Gasteiger partial charge in [0.25, 0.3) is 5.56 Å². The zero-order chi connectivity index (χ0) is 16.1. The van der Waals surface area contributed by atoms with Crippen LogP contribution in [0.4, 0.5) is 4.79 Å². The molecule has 0 bridgehead atoms. The molecule has 2 N–H and O–H groups in total. The molecule has 1 saturated carbocycles. The number of rotatable bonds is 5. The molecule has 0 radical (unpaired) electrons. The third-order valence-electron chi connectivity index (χ3n) is 3.81. The van der Waals surface area contributed by atoms with E-state index in [1.165, 1.54) is 40.9 Å². The zero-order valence-electron chi connectivity index (χ0n) is 12.7. The van der Waals surface area contributed by atoms with E-state index in [1.807, 2.05) is 0 Å². The lowest BCUT2D eigenvalue weighted by Gasteiger charge is -2.13. The Bertz CT molecular complexity index is 704. The van der Waals surface area contributed by atoms with E-state index in [2.05, 4.69) is 25.8 Å². The van der Waals surface area contributed by atoms with Gasteiger partial charge in [-0.25, -0.2) is 19.1 Å². The van der Waals surface area contributed by atoms with Gasteiger partial charge in [0.15, 0.2) is 5.82 Å². The van der Waals surface area contributed by atoms with E-state index >= 15 is 0 Å². The van der Waals surface area contributed by atoms with E-state index in [0.29, 0.717) is 18.9 Å². The highest BCUT2D eigenvalue weighted by atomic mass is 16.2. The van der Waals surface area contributed by atoms with Crippen molar-refractivity contribution in [1.82, 2.24) is 35.2 Å². The normalized spacial score (nSPS) is 14.8. The Hall–Kier alpha value is -2.71. The molecule has 2 heterocycles. The molecule has 2 aromatic rings. The van der Waals surface area contributed by atoms with Crippen LogP contribution in [0.1, 0.15) is 25.7 Å². The van der Waals surface area contributed by atoms with Crippen LogP contribution >= 0.6 is 0 Å². The van der Waals surface area contributed by atoms with Gasteiger partial charge in [0.1, 0.15) is 12.7 Å². The Morgan fingerprint density at radius 3 is 2.87 bits per heavy atom. The highest BCUT2D eigenvalue weighted by Gasteiger charge is 2.16. The van der Waals surface area contributed by atoms with Crippen LogP contribution in [0.25, 0.3) is 5.82 Å². The van der Waals surface area contributed by atoms with Gasteiger partial charge >= 0.3 is 6.03 Å². The molecule has 0 aromatic carbocycles. The summed E-state index contributed by atoms with van der Waals surface area (Å²) < 4.78 is 2.77. The van der Waals surface area contributed by atoms with Crippen LogP contribution in [0.2, 0.25) is 0 Å². The fourth-order valence-electron chi connectivity index (χ4n) is 2.63. The lowest BCUT2D eigenvalue weighted by molar-refractivity contribution is 0.236. The van der Waals surface area contributed by atoms with Crippen molar-refractivity contribution < 1.29 is 4.79 Å². The molecular formula is C14H19N7O2. The topological polar surface area (TPSA) is 107 Å². The van der Waals surface area contributed by atoms with Gasteiger partial charge < -0.3 is 10.6 Å². The lowest BCUT2D eigenvalue weighted by Crippen LogP contribution is -2.42. The molecule has 9 heteroatoms. The molecule has 122 valence electrons. The fourth-order valence-corrected chi connectivity index (χ4v) is 2.63. The Morgan fingerprint density at radius 1 is 1.30 bits per heavy atom.